The maximum atomic E-state index is 11.7. The van der Waals surface area contributed by atoms with Gasteiger partial charge in [-0.05, 0) is 12.1 Å². The lowest BCUT2D eigenvalue weighted by Gasteiger charge is -2.15. The standard InChI is InChI=1S/C14H14N6O4/c1-20(2)10-4-8-7(16-13(23)17-8)3-9(10)15-5-6-11(21)18-14(24)19-12(6)22/h3-5H,1-2H3,(H2,16,17,23)(H3,18,19,21,22,24). The molecule has 24 heavy (non-hydrogen) atoms. The molecule has 0 atom stereocenters. The Morgan fingerprint density at radius 3 is 2.25 bits per heavy atom. The Morgan fingerprint density at radius 2 is 1.62 bits per heavy atom. The second kappa shape index (κ2) is 5.57. The van der Waals surface area contributed by atoms with Crippen LogP contribution in [0.4, 0.5) is 11.4 Å². The van der Waals surface area contributed by atoms with Crippen LogP contribution in [-0.4, -0.2) is 45.4 Å². The molecule has 0 aliphatic carbocycles. The zero-order valence-corrected chi connectivity index (χ0v) is 12.8. The van der Waals surface area contributed by atoms with Gasteiger partial charge >= 0.3 is 11.4 Å². The van der Waals surface area contributed by atoms with Crippen molar-refractivity contribution >= 4 is 28.6 Å². The summed E-state index contributed by atoms with van der Waals surface area (Å²) in [4.78, 5) is 49.6. The fourth-order valence-electron chi connectivity index (χ4n) is 2.26. The molecule has 2 heterocycles. The number of H-pyrrole nitrogens is 4. The Hall–Kier alpha value is -3.56. The summed E-state index contributed by atoms with van der Waals surface area (Å²) in [7, 11) is 3.60. The number of aromatic nitrogens is 4. The maximum absolute atomic E-state index is 11.7. The third-order valence-electron chi connectivity index (χ3n) is 3.38. The van der Waals surface area contributed by atoms with Crippen LogP contribution in [0.2, 0.25) is 0 Å². The minimum Gasteiger partial charge on any atom is -0.494 e. The highest BCUT2D eigenvalue weighted by Crippen LogP contribution is 2.30. The van der Waals surface area contributed by atoms with E-state index >= 15 is 0 Å². The molecule has 1 aromatic carbocycles. The van der Waals surface area contributed by atoms with Gasteiger partial charge in [-0.2, -0.15) is 0 Å². The number of fused-ring (bicyclic) bond motifs is 1. The van der Waals surface area contributed by atoms with Crippen LogP contribution < -0.4 is 21.8 Å². The Bertz CT molecular complexity index is 1110. The molecule has 124 valence electrons. The molecule has 0 saturated heterocycles. The molecule has 10 nitrogen and oxygen atoms in total. The first-order valence-corrected chi connectivity index (χ1v) is 6.88. The van der Waals surface area contributed by atoms with Crippen LogP contribution in [0.3, 0.4) is 0 Å². The monoisotopic (exact) mass is 330 g/mol. The van der Waals surface area contributed by atoms with Gasteiger partial charge in [0.1, 0.15) is 5.56 Å². The van der Waals surface area contributed by atoms with E-state index in [-0.39, 0.29) is 11.3 Å². The summed E-state index contributed by atoms with van der Waals surface area (Å²) in [6, 6.07) is 3.37. The first-order chi connectivity index (χ1) is 11.3. The van der Waals surface area contributed by atoms with Crippen LogP contribution in [0.25, 0.3) is 11.0 Å². The number of nitrogens with zero attached hydrogens (tertiary/aromatic N) is 2. The highest BCUT2D eigenvalue weighted by atomic mass is 16.3. The molecule has 10 heteroatoms. The molecule has 0 unspecified atom stereocenters. The van der Waals surface area contributed by atoms with Crippen LogP contribution in [0, 0.1) is 0 Å². The van der Waals surface area contributed by atoms with Crippen molar-refractivity contribution in [1.29, 1.82) is 0 Å². The summed E-state index contributed by atoms with van der Waals surface area (Å²) in [6.45, 7) is 0. The molecule has 0 fully saturated rings. The predicted molar refractivity (Wildman–Crippen MR) is 89.8 cm³/mol. The van der Waals surface area contributed by atoms with Crippen molar-refractivity contribution in [1.82, 2.24) is 19.9 Å². The lowest BCUT2D eigenvalue weighted by Crippen LogP contribution is -2.24. The van der Waals surface area contributed by atoms with Gasteiger partial charge in [0, 0.05) is 20.3 Å². The number of nitrogens with one attached hydrogen (secondary N) is 4. The van der Waals surface area contributed by atoms with Crippen molar-refractivity contribution in [3.8, 4) is 5.88 Å². The molecule has 3 rings (SSSR count). The molecule has 0 bridgehead atoms. The number of aliphatic imine (C=N–C) groups is 1. The van der Waals surface area contributed by atoms with E-state index in [1.807, 2.05) is 4.98 Å². The topological polar surface area (TPSA) is 150 Å². The highest BCUT2D eigenvalue weighted by molar-refractivity contribution is 5.91. The zero-order chi connectivity index (χ0) is 17.4. The number of hydrogen-bond donors (Lipinski definition) is 5. The summed E-state index contributed by atoms with van der Waals surface area (Å²) < 4.78 is 0. The number of benzene rings is 1. The number of hydrogen-bond acceptors (Lipinski definition) is 6. The number of aromatic hydroxyl groups is 1. The number of rotatable bonds is 3. The smallest absolute Gasteiger partial charge is 0.328 e. The molecule has 0 aliphatic rings. The molecule has 5 N–H and O–H groups in total. The van der Waals surface area contributed by atoms with E-state index < -0.39 is 17.1 Å². The van der Waals surface area contributed by atoms with E-state index in [4.69, 9.17) is 0 Å². The Labute approximate surface area is 133 Å². The zero-order valence-electron chi connectivity index (χ0n) is 12.8. The first-order valence-electron chi connectivity index (χ1n) is 6.88. The maximum Gasteiger partial charge on any atom is 0.328 e. The lowest BCUT2D eigenvalue weighted by molar-refractivity contribution is 0.447. The summed E-state index contributed by atoms with van der Waals surface area (Å²) in [6.07, 6.45) is 1.14. The minimum absolute atomic E-state index is 0.179. The van der Waals surface area contributed by atoms with Gasteiger partial charge in [-0.3, -0.25) is 19.8 Å². The van der Waals surface area contributed by atoms with Crippen molar-refractivity contribution < 1.29 is 5.11 Å². The van der Waals surface area contributed by atoms with Gasteiger partial charge in [0.05, 0.1) is 22.4 Å². The summed E-state index contributed by atoms with van der Waals surface area (Å²) in [5, 5.41) is 9.67. The summed E-state index contributed by atoms with van der Waals surface area (Å²) >= 11 is 0. The molecular formula is C14H14N6O4. The number of aromatic amines is 4. The third kappa shape index (κ3) is 2.72. The van der Waals surface area contributed by atoms with Gasteiger partial charge in [0.15, 0.2) is 0 Å². The first kappa shape index (κ1) is 15.3. The Balaban J connectivity index is 2.15. The predicted octanol–water partition coefficient (Wildman–Crippen LogP) is -0.245. The molecule has 2 aromatic heterocycles. The van der Waals surface area contributed by atoms with E-state index in [1.165, 1.54) is 0 Å². The molecule has 0 amide bonds. The van der Waals surface area contributed by atoms with Gasteiger partial charge < -0.3 is 20.0 Å². The Kier molecular flexibility index (Phi) is 3.56. The van der Waals surface area contributed by atoms with Gasteiger partial charge in [-0.25, -0.2) is 9.59 Å². The highest BCUT2D eigenvalue weighted by Gasteiger charge is 2.10. The average molecular weight is 330 g/mol. The molecule has 3 aromatic rings. The average Bonchev–Trinajstić information content (AvgIpc) is 2.84. The van der Waals surface area contributed by atoms with Crippen LogP contribution in [0.15, 0.2) is 31.5 Å². The van der Waals surface area contributed by atoms with Gasteiger partial charge in [0.25, 0.3) is 5.56 Å². The second-order valence-electron chi connectivity index (χ2n) is 5.29. The van der Waals surface area contributed by atoms with Crippen LogP contribution in [0.5, 0.6) is 5.88 Å². The number of imidazole rings is 1. The molecular weight excluding hydrogens is 316 g/mol. The van der Waals surface area contributed by atoms with Crippen LogP contribution >= 0.6 is 0 Å². The third-order valence-corrected chi connectivity index (χ3v) is 3.38. The fraction of sp³-hybridized carbons (Fsp3) is 0.143. The van der Waals surface area contributed by atoms with Crippen molar-refractivity contribution in [2.75, 3.05) is 19.0 Å². The van der Waals surface area contributed by atoms with E-state index in [2.05, 4.69) is 19.9 Å². The summed E-state index contributed by atoms with van der Waals surface area (Å²) in [5.41, 5.74) is 0.233. The van der Waals surface area contributed by atoms with E-state index in [9.17, 15) is 19.5 Å². The van der Waals surface area contributed by atoms with E-state index in [0.29, 0.717) is 22.4 Å². The minimum atomic E-state index is -0.810. The van der Waals surface area contributed by atoms with Crippen LogP contribution in [-0.2, 0) is 0 Å². The van der Waals surface area contributed by atoms with Gasteiger partial charge in [-0.1, -0.05) is 0 Å². The van der Waals surface area contributed by atoms with E-state index in [1.54, 1.807) is 31.1 Å². The van der Waals surface area contributed by atoms with Crippen molar-refractivity contribution in [3.05, 3.63) is 49.0 Å². The van der Waals surface area contributed by atoms with E-state index in [0.717, 1.165) is 6.21 Å². The largest absolute Gasteiger partial charge is 0.494 e. The number of anilines is 1. The quantitative estimate of drug-likeness (QED) is 0.420. The van der Waals surface area contributed by atoms with Crippen molar-refractivity contribution in [3.63, 3.8) is 0 Å². The fourth-order valence-corrected chi connectivity index (χ4v) is 2.26. The lowest BCUT2D eigenvalue weighted by atomic mass is 10.2. The van der Waals surface area contributed by atoms with Crippen LogP contribution in [0.1, 0.15) is 5.56 Å². The van der Waals surface area contributed by atoms with Crippen molar-refractivity contribution in [2.45, 2.75) is 0 Å². The molecule has 0 radical (unpaired) electrons. The molecule has 0 saturated carbocycles. The SMILES string of the molecule is CN(C)c1cc2[nH]c(=O)[nH]c2cc1N=Cc1c(O)[nH]c(=O)[nH]c1=O. The van der Waals surface area contributed by atoms with Gasteiger partial charge in [0.2, 0.25) is 5.88 Å². The molecule has 0 aliphatic heterocycles. The normalized spacial score (nSPS) is 11.4. The summed E-state index contributed by atoms with van der Waals surface area (Å²) in [5.74, 6) is -0.574. The Morgan fingerprint density at radius 1 is 1.00 bits per heavy atom. The second-order valence-corrected chi connectivity index (χ2v) is 5.29. The molecule has 0 spiro atoms. The van der Waals surface area contributed by atoms with Crippen molar-refractivity contribution in [2.24, 2.45) is 4.99 Å². The van der Waals surface area contributed by atoms with Gasteiger partial charge in [-0.15, -0.1) is 0 Å².